The quantitative estimate of drug-likeness (QED) is 0.467. The van der Waals surface area contributed by atoms with Crippen molar-refractivity contribution in [2.24, 2.45) is 5.92 Å². The number of carbonyl (C=O) groups excluding carboxylic acids is 1. The Morgan fingerprint density at radius 3 is 2.75 bits per heavy atom. The minimum Gasteiger partial charge on any atom is -0.459 e. The van der Waals surface area contributed by atoms with E-state index in [1.807, 2.05) is 32.9 Å². The monoisotopic (exact) mass is 168 g/mol. The van der Waals surface area contributed by atoms with Crippen molar-refractivity contribution >= 4 is 5.97 Å². The number of hydrogen-bond donors (Lipinski definition) is 0. The van der Waals surface area contributed by atoms with Crippen LogP contribution < -0.4 is 0 Å². The summed E-state index contributed by atoms with van der Waals surface area (Å²) in [6.07, 6.45) is 5.65. The molecule has 0 bridgehead atoms. The molecule has 0 N–H and O–H groups in total. The van der Waals surface area contributed by atoms with Gasteiger partial charge in [0.2, 0.25) is 0 Å². The number of hydrogen-bond acceptors (Lipinski definition) is 2. The lowest BCUT2D eigenvalue weighted by atomic mass is 9.95. The molecule has 68 valence electrons. The van der Waals surface area contributed by atoms with Crippen molar-refractivity contribution in [2.45, 2.75) is 39.2 Å². The first-order valence-corrected chi connectivity index (χ1v) is 4.39. The maximum atomic E-state index is 11.2. The highest BCUT2D eigenvalue weighted by Crippen LogP contribution is 2.32. The topological polar surface area (TPSA) is 26.3 Å². The summed E-state index contributed by atoms with van der Waals surface area (Å²) in [4.78, 5) is 11.2. The van der Waals surface area contributed by atoms with E-state index in [0.29, 0.717) is 0 Å². The van der Waals surface area contributed by atoms with Crippen LogP contribution in [0.5, 0.6) is 0 Å². The fraction of sp³-hybridized carbons (Fsp3) is 0.700. The summed E-state index contributed by atoms with van der Waals surface area (Å²) in [6.45, 7) is 5.88. The lowest BCUT2D eigenvalue weighted by Gasteiger charge is -2.14. The zero-order valence-corrected chi connectivity index (χ0v) is 7.96. The van der Waals surface area contributed by atoms with Gasteiger partial charge in [-0.3, -0.25) is 4.79 Å². The Kier molecular flexibility index (Phi) is 2.55. The van der Waals surface area contributed by atoms with E-state index in [1.54, 1.807) is 0 Å². The third-order valence-corrected chi connectivity index (χ3v) is 2.10. The van der Waals surface area contributed by atoms with E-state index in [9.17, 15) is 4.79 Å². The molecule has 1 fully saturated rings. The van der Waals surface area contributed by atoms with Gasteiger partial charge in [-0.2, -0.15) is 0 Å². The molecule has 0 aliphatic carbocycles. The predicted molar refractivity (Wildman–Crippen MR) is 47.7 cm³/mol. The molecule has 1 heterocycles. The average Bonchev–Trinajstić information content (AvgIpc) is 2.20. The number of rotatable bonds is 2. The summed E-state index contributed by atoms with van der Waals surface area (Å²) in [7, 11) is 0. The lowest BCUT2D eigenvalue weighted by molar-refractivity contribution is -0.148. The fourth-order valence-corrected chi connectivity index (χ4v) is 1.55. The maximum Gasteiger partial charge on any atom is 0.309 e. The van der Waals surface area contributed by atoms with Crippen molar-refractivity contribution in [1.82, 2.24) is 0 Å². The van der Waals surface area contributed by atoms with Crippen molar-refractivity contribution in [1.29, 1.82) is 0 Å². The maximum absolute atomic E-state index is 11.2. The van der Waals surface area contributed by atoms with E-state index < -0.39 is 0 Å². The van der Waals surface area contributed by atoms with Gasteiger partial charge >= 0.3 is 5.97 Å². The predicted octanol–water partition coefficient (Wildman–Crippen LogP) is 2.29. The van der Waals surface area contributed by atoms with E-state index in [2.05, 4.69) is 0 Å². The Balaban J connectivity index is 2.52. The van der Waals surface area contributed by atoms with Gasteiger partial charge in [0.1, 0.15) is 5.60 Å². The second kappa shape index (κ2) is 3.30. The average molecular weight is 168 g/mol. The Morgan fingerprint density at radius 2 is 2.33 bits per heavy atom. The molecular weight excluding hydrogens is 152 g/mol. The highest BCUT2D eigenvalue weighted by atomic mass is 16.6. The molecule has 1 unspecified atom stereocenters. The fourth-order valence-electron chi connectivity index (χ4n) is 1.55. The summed E-state index contributed by atoms with van der Waals surface area (Å²) >= 11 is 0. The first kappa shape index (κ1) is 9.30. The number of ether oxygens (including phenoxy) is 1. The molecule has 2 nitrogen and oxygen atoms in total. The van der Waals surface area contributed by atoms with Gasteiger partial charge in [0.25, 0.3) is 0 Å². The number of allylic oxidation sites excluding steroid dienone is 2. The summed E-state index contributed by atoms with van der Waals surface area (Å²) in [5.74, 6) is 0.0364. The first-order valence-electron chi connectivity index (χ1n) is 4.39. The molecule has 0 aromatic heterocycles. The Hall–Kier alpha value is -0.790. The van der Waals surface area contributed by atoms with Gasteiger partial charge in [-0.15, -0.1) is 0 Å². The molecule has 1 saturated heterocycles. The Bertz CT molecular complexity index is 204. The van der Waals surface area contributed by atoms with Gasteiger partial charge in [-0.25, -0.2) is 0 Å². The normalized spacial score (nSPS) is 27.9. The van der Waals surface area contributed by atoms with E-state index in [-0.39, 0.29) is 17.5 Å². The lowest BCUT2D eigenvalue weighted by Crippen LogP contribution is -2.17. The molecule has 0 aromatic carbocycles. The molecule has 1 aliphatic heterocycles. The molecule has 0 saturated carbocycles. The van der Waals surface area contributed by atoms with Crippen LogP contribution in [0.15, 0.2) is 12.2 Å². The van der Waals surface area contributed by atoms with Crippen LogP contribution >= 0.6 is 0 Å². The third-order valence-electron chi connectivity index (χ3n) is 2.10. The van der Waals surface area contributed by atoms with Gasteiger partial charge in [-0.1, -0.05) is 12.2 Å². The van der Waals surface area contributed by atoms with E-state index >= 15 is 0 Å². The van der Waals surface area contributed by atoms with Gasteiger partial charge in [-0.05, 0) is 27.2 Å². The van der Waals surface area contributed by atoms with Crippen LogP contribution in [0.1, 0.15) is 33.6 Å². The second-order valence-electron chi connectivity index (χ2n) is 3.89. The molecular formula is C10H16O2. The van der Waals surface area contributed by atoms with Crippen LogP contribution in [0.2, 0.25) is 0 Å². The molecule has 1 aliphatic rings. The molecule has 1 rings (SSSR count). The van der Waals surface area contributed by atoms with Gasteiger partial charge in [0.15, 0.2) is 0 Å². The Labute approximate surface area is 73.6 Å². The summed E-state index contributed by atoms with van der Waals surface area (Å²) in [5.41, 5.74) is -0.247. The first-order chi connectivity index (χ1) is 5.55. The zero-order chi connectivity index (χ0) is 9.19. The van der Waals surface area contributed by atoms with Gasteiger partial charge in [0, 0.05) is 6.42 Å². The standard InChI is InChI=1S/C10H16O2/c1-4-5-6-8-7-10(2,3)12-9(8)11/h4-5,8H,6-7H2,1-3H3/b5-4+. The van der Waals surface area contributed by atoms with Crippen LogP contribution in [0.4, 0.5) is 0 Å². The largest absolute Gasteiger partial charge is 0.459 e. The summed E-state index contributed by atoms with van der Waals surface area (Å²) < 4.78 is 5.19. The smallest absolute Gasteiger partial charge is 0.309 e. The van der Waals surface area contributed by atoms with Crippen molar-refractivity contribution in [2.75, 3.05) is 0 Å². The highest BCUT2D eigenvalue weighted by Gasteiger charge is 2.38. The van der Waals surface area contributed by atoms with Crippen molar-refractivity contribution in [3.63, 3.8) is 0 Å². The van der Waals surface area contributed by atoms with Crippen molar-refractivity contribution in [3.8, 4) is 0 Å². The van der Waals surface area contributed by atoms with Gasteiger partial charge in [0.05, 0.1) is 5.92 Å². The minimum atomic E-state index is -0.247. The molecule has 1 atom stereocenters. The molecule has 2 heteroatoms. The van der Waals surface area contributed by atoms with Crippen molar-refractivity contribution in [3.05, 3.63) is 12.2 Å². The van der Waals surface area contributed by atoms with Gasteiger partial charge < -0.3 is 4.74 Å². The number of esters is 1. The van der Waals surface area contributed by atoms with Crippen LogP contribution in [0, 0.1) is 5.92 Å². The molecule has 0 amide bonds. The van der Waals surface area contributed by atoms with Crippen LogP contribution in [0.3, 0.4) is 0 Å². The number of cyclic esters (lactones) is 1. The van der Waals surface area contributed by atoms with Crippen LogP contribution in [-0.2, 0) is 9.53 Å². The number of carbonyl (C=O) groups is 1. The highest BCUT2D eigenvalue weighted by molar-refractivity contribution is 5.75. The van der Waals surface area contributed by atoms with Crippen molar-refractivity contribution < 1.29 is 9.53 Å². The Morgan fingerprint density at radius 1 is 1.67 bits per heavy atom. The molecule has 0 aromatic rings. The van der Waals surface area contributed by atoms with E-state index in [1.165, 1.54) is 0 Å². The second-order valence-corrected chi connectivity index (χ2v) is 3.89. The zero-order valence-electron chi connectivity index (χ0n) is 7.96. The summed E-state index contributed by atoms with van der Waals surface area (Å²) in [6, 6.07) is 0. The van der Waals surface area contributed by atoms with Crippen LogP contribution in [0.25, 0.3) is 0 Å². The molecule has 0 radical (unpaired) electrons. The van der Waals surface area contributed by atoms with Crippen LogP contribution in [-0.4, -0.2) is 11.6 Å². The van der Waals surface area contributed by atoms with E-state index in [4.69, 9.17) is 4.74 Å². The minimum absolute atomic E-state index is 0.0434. The SMILES string of the molecule is C/C=C/CC1CC(C)(C)OC1=O. The summed E-state index contributed by atoms with van der Waals surface area (Å²) in [5, 5.41) is 0. The molecule has 0 spiro atoms. The van der Waals surface area contributed by atoms with E-state index in [0.717, 1.165) is 12.8 Å². The molecule has 12 heavy (non-hydrogen) atoms. The third kappa shape index (κ3) is 2.10.